The summed E-state index contributed by atoms with van der Waals surface area (Å²) in [6.45, 7) is 1.20. The van der Waals surface area contributed by atoms with Gasteiger partial charge in [-0.2, -0.15) is 5.10 Å². The van der Waals surface area contributed by atoms with Gasteiger partial charge in [0.05, 0.1) is 42.3 Å². The highest BCUT2D eigenvalue weighted by Gasteiger charge is 2.14. The van der Waals surface area contributed by atoms with Crippen molar-refractivity contribution in [1.29, 1.82) is 0 Å². The van der Waals surface area contributed by atoms with Crippen molar-refractivity contribution in [3.8, 4) is 11.3 Å². The molecule has 1 N–H and O–H groups in total. The molecule has 0 bridgehead atoms. The Morgan fingerprint density at radius 1 is 1.00 bits per heavy atom. The highest BCUT2D eigenvalue weighted by Crippen LogP contribution is 2.25. The second kappa shape index (κ2) is 8.01. The standard InChI is InChI=1S/C22H22N4O/c1-27-15-20-13-19(24-25-20)14-26-16-23-22(18-10-6-3-7-11-18)21(26)12-17-8-4-2-5-9-17/h2-11,13,16H,12,14-15H2,1H3,(H,24,25). The predicted molar refractivity (Wildman–Crippen MR) is 105 cm³/mol. The van der Waals surface area contributed by atoms with Crippen LogP contribution >= 0.6 is 0 Å². The van der Waals surface area contributed by atoms with Crippen LogP contribution < -0.4 is 0 Å². The summed E-state index contributed by atoms with van der Waals surface area (Å²) in [4.78, 5) is 4.73. The number of methoxy groups -OCH3 is 1. The van der Waals surface area contributed by atoms with Gasteiger partial charge in [0, 0.05) is 19.1 Å². The van der Waals surface area contributed by atoms with Crippen molar-refractivity contribution in [3.05, 3.63) is 95.7 Å². The van der Waals surface area contributed by atoms with Crippen LogP contribution in [0.5, 0.6) is 0 Å². The molecule has 27 heavy (non-hydrogen) atoms. The number of hydrogen-bond acceptors (Lipinski definition) is 3. The van der Waals surface area contributed by atoms with Gasteiger partial charge < -0.3 is 9.30 Å². The minimum atomic E-state index is 0.507. The molecule has 0 aliphatic heterocycles. The van der Waals surface area contributed by atoms with E-state index in [0.29, 0.717) is 13.2 Å². The maximum atomic E-state index is 5.15. The van der Waals surface area contributed by atoms with E-state index in [0.717, 1.165) is 29.1 Å². The SMILES string of the molecule is COCc1cc(Cn2cnc(-c3ccccc3)c2Cc2ccccc2)[nH]n1. The molecule has 4 aromatic rings. The molecule has 4 rings (SSSR count). The highest BCUT2D eigenvalue weighted by molar-refractivity contribution is 5.62. The molecule has 5 nitrogen and oxygen atoms in total. The zero-order valence-corrected chi connectivity index (χ0v) is 15.3. The third-order valence-electron chi connectivity index (χ3n) is 4.52. The monoisotopic (exact) mass is 358 g/mol. The van der Waals surface area contributed by atoms with E-state index in [4.69, 9.17) is 9.72 Å². The Morgan fingerprint density at radius 3 is 2.48 bits per heavy atom. The molecule has 0 atom stereocenters. The van der Waals surface area contributed by atoms with Crippen LogP contribution in [0.1, 0.15) is 22.6 Å². The highest BCUT2D eigenvalue weighted by atomic mass is 16.5. The molecule has 5 heteroatoms. The summed E-state index contributed by atoms with van der Waals surface area (Å²) in [6, 6.07) is 22.9. The molecule has 0 saturated heterocycles. The molecule has 2 aromatic heterocycles. The number of ether oxygens (including phenoxy) is 1. The van der Waals surface area contributed by atoms with E-state index in [2.05, 4.69) is 51.2 Å². The van der Waals surface area contributed by atoms with Crippen LogP contribution in [0.4, 0.5) is 0 Å². The van der Waals surface area contributed by atoms with Crippen molar-refractivity contribution in [3.63, 3.8) is 0 Å². The van der Waals surface area contributed by atoms with Crippen molar-refractivity contribution in [2.24, 2.45) is 0 Å². The fourth-order valence-corrected chi connectivity index (χ4v) is 3.25. The third-order valence-corrected chi connectivity index (χ3v) is 4.52. The summed E-state index contributed by atoms with van der Waals surface area (Å²) in [5.74, 6) is 0. The Labute approximate surface area is 158 Å². The molecular weight excluding hydrogens is 336 g/mol. The fraction of sp³-hybridized carbons (Fsp3) is 0.182. The van der Waals surface area contributed by atoms with Crippen molar-refractivity contribution in [1.82, 2.24) is 19.7 Å². The molecule has 0 saturated carbocycles. The molecule has 0 aliphatic carbocycles. The van der Waals surface area contributed by atoms with Gasteiger partial charge in [-0.15, -0.1) is 0 Å². The van der Waals surface area contributed by atoms with E-state index >= 15 is 0 Å². The number of nitrogens with zero attached hydrogens (tertiary/aromatic N) is 3. The second-order valence-electron chi connectivity index (χ2n) is 6.51. The van der Waals surface area contributed by atoms with Gasteiger partial charge >= 0.3 is 0 Å². The molecule has 0 unspecified atom stereocenters. The topological polar surface area (TPSA) is 55.7 Å². The molecule has 0 radical (unpaired) electrons. The number of aromatic nitrogens is 4. The quantitative estimate of drug-likeness (QED) is 0.542. The first-order chi connectivity index (χ1) is 13.3. The molecule has 0 fully saturated rings. The van der Waals surface area contributed by atoms with Crippen molar-refractivity contribution < 1.29 is 4.74 Å². The maximum absolute atomic E-state index is 5.15. The number of imidazole rings is 1. The predicted octanol–water partition coefficient (Wildman–Crippen LogP) is 4.06. The zero-order valence-electron chi connectivity index (χ0n) is 15.3. The summed E-state index contributed by atoms with van der Waals surface area (Å²) in [6.07, 6.45) is 2.74. The van der Waals surface area contributed by atoms with Gasteiger partial charge in [0.1, 0.15) is 0 Å². The Kier molecular flexibility index (Phi) is 5.12. The Hall–Kier alpha value is -3.18. The maximum Gasteiger partial charge on any atom is 0.0959 e. The van der Waals surface area contributed by atoms with Crippen LogP contribution in [0.15, 0.2) is 73.1 Å². The molecule has 136 valence electrons. The molecular formula is C22H22N4O. The number of benzene rings is 2. The summed E-state index contributed by atoms with van der Waals surface area (Å²) >= 11 is 0. The lowest BCUT2D eigenvalue weighted by Gasteiger charge is -2.10. The number of hydrogen-bond donors (Lipinski definition) is 1. The van der Waals surface area contributed by atoms with Crippen LogP contribution in [0.25, 0.3) is 11.3 Å². The lowest BCUT2D eigenvalue weighted by molar-refractivity contribution is 0.181. The van der Waals surface area contributed by atoms with Crippen LogP contribution in [-0.2, 0) is 24.3 Å². The van der Waals surface area contributed by atoms with Crippen LogP contribution in [-0.4, -0.2) is 26.9 Å². The Morgan fingerprint density at radius 2 is 1.74 bits per heavy atom. The summed E-state index contributed by atoms with van der Waals surface area (Å²) in [5, 5.41) is 7.40. The van der Waals surface area contributed by atoms with Crippen molar-refractivity contribution in [2.45, 2.75) is 19.6 Å². The van der Waals surface area contributed by atoms with Gasteiger partial charge in [-0.3, -0.25) is 5.10 Å². The van der Waals surface area contributed by atoms with Gasteiger partial charge in [-0.1, -0.05) is 60.7 Å². The Balaban J connectivity index is 1.69. The van der Waals surface area contributed by atoms with Crippen LogP contribution in [0.3, 0.4) is 0 Å². The first-order valence-electron chi connectivity index (χ1n) is 8.99. The molecule has 2 aromatic carbocycles. The van der Waals surface area contributed by atoms with E-state index in [-0.39, 0.29) is 0 Å². The fourth-order valence-electron chi connectivity index (χ4n) is 3.25. The van der Waals surface area contributed by atoms with Crippen LogP contribution in [0.2, 0.25) is 0 Å². The van der Waals surface area contributed by atoms with Crippen molar-refractivity contribution >= 4 is 0 Å². The minimum absolute atomic E-state index is 0.507. The van der Waals surface area contributed by atoms with Gasteiger partial charge in [0.15, 0.2) is 0 Å². The summed E-state index contributed by atoms with van der Waals surface area (Å²) in [7, 11) is 1.67. The Bertz CT molecular complexity index is 990. The van der Waals surface area contributed by atoms with E-state index in [1.54, 1.807) is 7.11 Å². The number of aromatic amines is 1. The number of rotatable bonds is 7. The lowest BCUT2D eigenvalue weighted by atomic mass is 10.0. The van der Waals surface area contributed by atoms with Gasteiger partial charge in [-0.25, -0.2) is 4.98 Å². The molecule has 0 spiro atoms. The van der Waals surface area contributed by atoms with Gasteiger partial charge in [0.25, 0.3) is 0 Å². The van der Waals surface area contributed by atoms with E-state index in [9.17, 15) is 0 Å². The number of nitrogens with one attached hydrogen (secondary N) is 1. The van der Waals surface area contributed by atoms with Crippen molar-refractivity contribution in [2.75, 3.05) is 7.11 Å². The zero-order chi connectivity index (χ0) is 18.5. The lowest BCUT2D eigenvalue weighted by Crippen LogP contribution is -2.05. The molecule has 0 amide bonds. The second-order valence-corrected chi connectivity index (χ2v) is 6.51. The van der Waals surface area contributed by atoms with E-state index in [1.165, 1.54) is 11.3 Å². The first-order valence-corrected chi connectivity index (χ1v) is 8.99. The minimum Gasteiger partial charge on any atom is -0.378 e. The molecule has 2 heterocycles. The first kappa shape index (κ1) is 17.2. The average Bonchev–Trinajstić information content (AvgIpc) is 3.31. The van der Waals surface area contributed by atoms with Gasteiger partial charge in [-0.05, 0) is 11.6 Å². The van der Waals surface area contributed by atoms with Crippen LogP contribution in [0, 0.1) is 0 Å². The largest absolute Gasteiger partial charge is 0.378 e. The number of H-pyrrole nitrogens is 1. The third kappa shape index (κ3) is 3.99. The summed E-state index contributed by atoms with van der Waals surface area (Å²) < 4.78 is 7.35. The van der Waals surface area contributed by atoms with Gasteiger partial charge in [0.2, 0.25) is 0 Å². The van der Waals surface area contributed by atoms with E-state index in [1.807, 2.05) is 36.7 Å². The molecule has 0 aliphatic rings. The average molecular weight is 358 g/mol. The summed E-state index contributed by atoms with van der Waals surface area (Å²) in [5.41, 5.74) is 6.55. The smallest absolute Gasteiger partial charge is 0.0959 e. The van der Waals surface area contributed by atoms with E-state index < -0.39 is 0 Å². The normalized spacial score (nSPS) is 11.0.